The Morgan fingerprint density at radius 3 is 2.18 bits per heavy atom. The summed E-state index contributed by atoms with van der Waals surface area (Å²) in [6, 6.07) is 0.831. The van der Waals surface area contributed by atoms with Crippen LogP contribution >= 0.6 is 0 Å². The second kappa shape index (κ2) is 8.44. The maximum Gasteiger partial charge on any atom is 0.335 e. The van der Waals surface area contributed by atoms with Gasteiger partial charge in [-0.25, -0.2) is 4.79 Å². The van der Waals surface area contributed by atoms with Gasteiger partial charge in [0.1, 0.15) is 0 Å². The minimum Gasteiger partial charge on any atom is -0.462 e. The van der Waals surface area contributed by atoms with Crippen LogP contribution in [0.25, 0.3) is 0 Å². The van der Waals surface area contributed by atoms with E-state index in [2.05, 4.69) is 6.58 Å². The Hall–Kier alpha value is -0.653. The van der Waals surface area contributed by atoms with Crippen LogP contribution < -0.4 is 0 Å². The summed E-state index contributed by atoms with van der Waals surface area (Å²) in [5.41, 5.74) is 0.430. The van der Waals surface area contributed by atoms with Crippen molar-refractivity contribution in [2.45, 2.75) is 39.8 Å². The monoisotopic (exact) mass is 260 g/mol. The van der Waals surface area contributed by atoms with Crippen LogP contribution in [0.15, 0.2) is 12.2 Å². The zero-order valence-electron chi connectivity index (χ0n) is 11.4. The lowest BCUT2D eigenvalue weighted by atomic mass is 10.4. The summed E-state index contributed by atoms with van der Waals surface area (Å²) in [4.78, 5) is 11.1. The van der Waals surface area contributed by atoms with E-state index in [0.29, 0.717) is 25.4 Å². The Labute approximate surface area is 105 Å². The fraction of sp³-hybridized carbons (Fsp3) is 0.750. The van der Waals surface area contributed by atoms with Crippen molar-refractivity contribution >= 4 is 14.5 Å². The summed E-state index contributed by atoms with van der Waals surface area (Å²) < 4.78 is 16.4. The highest BCUT2D eigenvalue weighted by Crippen LogP contribution is 2.16. The number of carbonyl (C=O) groups is 1. The Morgan fingerprint density at radius 1 is 1.24 bits per heavy atom. The van der Waals surface area contributed by atoms with E-state index >= 15 is 0 Å². The molecule has 17 heavy (non-hydrogen) atoms. The molecule has 0 aromatic rings. The zero-order valence-corrected chi connectivity index (χ0v) is 12.4. The third-order valence-corrected chi connectivity index (χ3v) is 5.32. The molecule has 0 amide bonds. The number of esters is 1. The van der Waals surface area contributed by atoms with Crippen LogP contribution in [0.2, 0.25) is 12.6 Å². The molecule has 0 aromatic carbocycles. The first-order valence-corrected chi connectivity index (χ1v) is 8.58. The highest BCUT2D eigenvalue weighted by Gasteiger charge is 2.29. The predicted molar refractivity (Wildman–Crippen MR) is 70.1 cm³/mol. The van der Waals surface area contributed by atoms with Gasteiger partial charge < -0.3 is 13.6 Å². The van der Waals surface area contributed by atoms with E-state index in [1.165, 1.54) is 0 Å². The van der Waals surface area contributed by atoms with E-state index in [1.807, 2.05) is 20.4 Å². The summed E-state index contributed by atoms with van der Waals surface area (Å²) in [6.45, 7) is 12.9. The second-order valence-corrected chi connectivity index (χ2v) is 7.36. The Balaban J connectivity index is 3.90. The molecule has 0 heterocycles. The predicted octanol–water partition coefficient (Wildman–Crippen LogP) is 2.64. The summed E-state index contributed by atoms with van der Waals surface area (Å²) in [5.74, 6) is -0.332. The lowest BCUT2D eigenvalue weighted by Crippen LogP contribution is -2.38. The van der Waals surface area contributed by atoms with Crippen LogP contribution in [0.1, 0.15) is 27.2 Å². The van der Waals surface area contributed by atoms with Gasteiger partial charge in [0.15, 0.2) is 0 Å². The molecule has 0 N–H and O–H groups in total. The van der Waals surface area contributed by atoms with Crippen LogP contribution in [-0.4, -0.2) is 34.4 Å². The van der Waals surface area contributed by atoms with Crippen LogP contribution in [0.4, 0.5) is 0 Å². The van der Waals surface area contributed by atoms with Crippen molar-refractivity contribution in [3.05, 3.63) is 12.2 Å². The fourth-order valence-electron chi connectivity index (χ4n) is 1.48. The van der Waals surface area contributed by atoms with Gasteiger partial charge >= 0.3 is 14.5 Å². The molecule has 0 saturated heterocycles. The molecule has 0 aliphatic carbocycles. The maximum atomic E-state index is 11.1. The van der Waals surface area contributed by atoms with Crippen molar-refractivity contribution in [2.24, 2.45) is 0 Å². The second-order valence-electron chi connectivity index (χ2n) is 4.02. The fourth-order valence-corrected chi connectivity index (χ4v) is 3.86. The van der Waals surface area contributed by atoms with Gasteiger partial charge in [0.05, 0.1) is 6.61 Å². The molecular weight excluding hydrogens is 236 g/mol. The van der Waals surface area contributed by atoms with Crippen molar-refractivity contribution < 1.29 is 18.4 Å². The quantitative estimate of drug-likeness (QED) is 0.277. The smallest absolute Gasteiger partial charge is 0.335 e. The first-order chi connectivity index (χ1) is 7.95. The van der Waals surface area contributed by atoms with Gasteiger partial charge in [-0.2, -0.15) is 0 Å². The largest absolute Gasteiger partial charge is 0.462 e. The number of carbonyl (C=O) groups excluding carboxylic acids is 1. The van der Waals surface area contributed by atoms with Gasteiger partial charge in [0.25, 0.3) is 0 Å². The van der Waals surface area contributed by atoms with E-state index in [9.17, 15) is 4.79 Å². The molecule has 100 valence electrons. The summed E-state index contributed by atoms with van der Waals surface area (Å²) in [5, 5.41) is 0. The Morgan fingerprint density at radius 2 is 1.76 bits per heavy atom. The van der Waals surface area contributed by atoms with Crippen LogP contribution in [-0.2, 0) is 18.4 Å². The number of hydrogen-bond acceptors (Lipinski definition) is 4. The topological polar surface area (TPSA) is 44.8 Å². The van der Waals surface area contributed by atoms with Gasteiger partial charge in [0, 0.05) is 18.8 Å². The third-order valence-electron chi connectivity index (χ3n) is 2.26. The Bertz CT molecular complexity index is 247. The van der Waals surface area contributed by atoms with Crippen molar-refractivity contribution in [1.29, 1.82) is 0 Å². The third kappa shape index (κ3) is 7.30. The minimum absolute atomic E-state index is 0.332. The van der Waals surface area contributed by atoms with E-state index in [1.54, 1.807) is 6.92 Å². The summed E-state index contributed by atoms with van der Waals surface area (Å²) >= 11 is 0. The van der Waals surface area contributed by atoms with Gasteiger partial charge in [-0.05, 0) is 39.8 Å². The molecule has 4 nitrogen and oxygen atoms in total. The number of rotatable bonds is 9. The minimum atomic E-state index is -2.06. The molecule has 0 bridgehead atoms. The molecule has 0 atom stereocenters. The average molecular weight is 260 g/mol. The van der Waals surface area contributed by atoms with Crippen LogP contribution in [0.3, 0.4) is 0 Å². The summed E-state index contributed by atoms with van der Waals surface area (Å²) in [6.07, 6.45) is 0.766. The van der Waals surface area contributed by atoms with Crippen molar-refractivity contribution in [3.8, 4) is 0 Å². The van der Waals surface area contributed by atoms with Crippen molar-refractivity contribution in [2.75, 3.05) is 19.8 Å². The first-order valence-electron chi connectivity index (χ1n) is 6.05. The van der Waals surface area contributed by atoms with E-state index < -0.39 is 8.56 Å². The molecular formula is C12H24O4Si. The molecule has 0 fully saturated rings. The molecule has 0 aromatic heterocycles. The molecule has 0 radical (unpaired) electrons. The van der Waals surface area contributed by atoms with Crippen molar-refractivity contribution in [3.63, 3.8) is 0 Å². The molecule has 0 unspecified atom stereocenters. The summed E-state index contributed by atoms with van der Waals surface area (Å²) in [7, 11) is -2.06. The maximum absolute atomic E-state index is 11.1. The number of hydrogen-bond donors (Lipinski definition) is 0. The lowest BCUT2D eigenvalue weighted by Gasteiger charge is -2.25. The van der Waals surface area contributed by atoms with Crippen LogP contribution in [0, 0.1) is 0 Å². The average Bonchev–Trinajstić information content (AvgIpc) is 2.24. The Kier molecular flexibility index (Phi) is 8.12. The molecule has 0 aliphatic rings. The standard InChI is InChI=1S/C12H24O4Si/c1-6-15-17(5,16-7-2)10-8-9-14-12(13)11(3)4/h3,6-10H2,1-2,4-5H3. The molecule has 0 spiro atoms. The molecule has 0 rings (SSSR count). The van der Waals surface area contributed by atoms with Crippen molar-refractivity contribution in [1.82, 2.24) is 0 Å². The van der Waals surface area contributed by atoms with E-state index in [0.717, 1.165) is 12.5 Å². The SMILES string of the molecule is C=C(C)C(=O)OCCC[Si](C)(OCC)OCC. The molecule has 0 saturated carbocycles. The normalized spacial score (nSPS) is 11.3. The van der Waals surface area contributed by atoms with Gasteiger partial charge in [-0.15, -0.1) is 0 Å². The number of ether oxygens (including phenoxy) is 1. The lowest BCUT2D eigenvalue weighted by molar-refractivity contribution is -0.138. The van der Waals surface area contributed by atoms with Gasteiger partial charge in [-0.3, -0.25) is 0 Å². The van der Waals surface area contributed by atoms with Gasteiger partial charge in [-0.1, -0.05) is 6.58 Å². The zero-order chi connectivity index (χ0) is 13.3. The van der Waals surface area contributed by atoms with E-state index in [-0.39, 0.29) is 5.97 Å². The van der Waals surface area contributed by atoms with Crippen LogP contribution in [0.5, 0.6) is 0 Å². The molecule has 5 heteroatoms. The first kappa shape index (κ1) is 16.3. The highest BCUT2D eigenvalue weighted by molar-refractivity contribution is 6.66. The van der Waals surface area contributed by atoms with E-state index in [4.69, 9.17) is 13.6 Å². The molecule has 0 aliphatic heterocycles. The van der Waals surface area contributed by atoms with Gasteiger partial charge in [0.2, 0.25) is 0 Å². The highest BCUT2D eigenvalue weighted by atomic mass is 28.4.